The van der Waals surface area contributed by atoms with E-state index >= 15 is 0 Å². The summed E-state index contributed by atoms with van der Waals surface area (Å²) in [7, 11) is 0. The standard InChI is InChI=1S/C22H21NO3.C6H13N/c24-16-11-12-17-18(13-16)21(25)20(19(17)14-7-3-1-4-8-14)22(26)23-15-9-5-2-6-10-15;7-6-4-2-1-3-5-6/h1,3-4,7-8,11-13,15,24H,2,5-6,9-10H2,(H,23,26);6H,1-5,7H2. The number of phenolic OH excluding ortho intramolecular Hbond substituents is 1. The Morgan fingerprint density at radius 2 is 1.48 bits per heavy atom. The summed E-state index contributed by atoms with van der Waals surface area (Å²) in [5.41, 5.74) is 8.39. The maximum Gasteiger partial charge on any atom is 0.256 e. The zero-order chi connectivity index (χ0) is 23.2. The first kappa shape index (κ1) is 23.2. The first-order valence-electron chi connectivity index (χ1n) is 12.3. The van der Waals surface area contributed by atoms with Crippen LogP contribution in [0.1, 0.15) is 85.7 Å². The second-order valence-corrected chi connectivity index (χ2v) is 9.38. The first-order valence-corrected chi connectivity index (χ1v) is 12.3. The molecule has 2 aromatic rings. The van der Waals surface area contributed by atoms with Gasteiger partial charge in [0.15, 0.2) is 5.78 Å². The van der Waals surface area contributed by atoms with E-state index < -0.39 is 0 Å². The van der Waals surface area contributed by atoms with Gasteiger partial charge in [-0.1, -0.05) is 68.9 Å². The average Bonchev–Trinajstić information content (AvgIpc) is 3.13. The predicted octanol–water partition coefficient (Wildman–Crippen LogP) is 5.12. The first-order chi connectivity index (χ1) is 16.0. The number of nitrogens with two attached hydrogens (primary N) is 1. The van der Waals surface area contributed by atoms with Crippen LogP contribution in [0.25, 0.3) is 5.57 Å². The van der Waals surface area contributed by atoms with Gasteiger partial charge in [0.1, 0.15) is 5.75 Å². The van der Waals surface area contributed by atoms with Gasteiger partial charge in [0.2, 0.25) is 0 Å². The van der Waals surface area contributed by atoms with Crippen molar-refractivity contribution in [3.63, 3.8) is 0 Å². The van der Waals surface area contributed by atoms with Crippen LogP contribution in [0.15, 0.2) is 54.1 Å². The molecular weight excluding hydrogens is 412 g/mol. The van der Waals surface area contributed by atoms with Crippen LogP contribution >= 0.6 is 0 Å². The topological polar surface area (TPSA) is 92.4 Å². The molecule has 4 N–H and O–H groups in total. The Kier molecular flexibility index (Phi) is 7.61. The number of amides is 1. The molecule has 0 spiro atoms. The van der Waals surface area contributed by atoms with Crippen LogP contribution in [0.2, 0.25) is 0 Å². The predicted molar refractivity (Wildman–Crippen MR) is 131 cm³/mol. The number of hydrogen-bond acceptors (Lipinski definition) is 4. The molecule has 5 rings (SSSR count). The third-order valence-electron chi connectivity index (χ3n) is 6.87. The molecule has 2 saturated carbocycles. The van der Waals surface area contributed by atoms with Crippen molar-refractivity contribution in [2.24, 2.45) is 5.73 Å². The average molecular weight is 447 g/mol. The number of Topliss-reactive ketones (excluding diaryl/α,β-unsaturated/α-hetero) is 1. The maximum atomic E-state index is 13.0. The van der Waals surface area contributed by atoms with E-state index in [4.69, 9.17) is 5.73 Å². The molecular formula is C28H34N2O3. The lowest BCUT2D eigenvalue weighted by molar-refractivity contribution is -0.117. The van der Waals surface area contributed by atoms with Crippen molar-refractivity contribution in [2.45, 2.75) is 76.3 Å². The highest BCUT2D eigenvalue weighted by Crippen LogP contribution is 2.39. The Bertz CT molecular complexity index is 1020. The molecule has 0 aliphatic heterocycles. The number of fused-ring (bicyclic) bond motifs is 1. The maximum absolute atomic E-state index is 13.0. The molecule has 1 amide bonds. The fourth-order valence-corrected chi connectivity index (χ4v) is 5.08. The Morgan fingerprint density at radius 3 is 2.09 bits per heavy atom. The normalized spacial score (nSPS) is 19.0. The summed E-state index contributed by atoms with van der Waals surface area (Å²) in [6.07, 6.45) is 12.0. The van der Waals surface area contributed by atoms with Crippen LogP contribution in [0.3, 0.4) is 0 Å². The van der Waals surface area contributed by atoms with Gasteiger partial charge in [0.05, 0.1) is 5.57 Å². The van der Waals surface area contributed by atoms with Gasteiger partial charge < -0.3 is 16.2 Å². The monoisotopic (exact) mass is 446 g/mol. The highest BCUT2D eigenvalue weighted by Gasteiger charge is 2.35. The highest BCUT2D eigenvalue weighted by atomic mass is 16.3. The molecule has 0 aromatic heterocycles. The van der Waals surface area contributed by atoms with Gasteiger partial charge in [-0.2, -0.15) is 0 Å². The minimum atomic E-state index is -0.317. The number of carbonyl (C=O) groups excluding carboxylic acids is 2. The molecule has 0 saturated heterocycles. The number of hydrogen-bond donors (Lipinski definition) is 3. The van der Waals surface area contributed by atoms with Crippen molar-refractivity contribution >= 4 is 17.3 Å². The van der Waals surface area contributed by atoms with Crippen LogP contribution in [-0.2, 0) is 4.79 Å². The quantitative estimate of drug-likeness (QED) is 0.571. The molecule has 3 aliphatic carbocycles. The third-order valence-corrected chi connectivity index (χ3v) is 6.87. The molecule has 0 radical (unpaired) electrons. The molecule has 174 valence electrons. The third kappa shape index (κ3) is 5.53. The summed E-state index contributed by atoms with van der Waals surface area (Å²) < 4.78 is 0. The molecule has 2 fully saturated rings. The molecule has 3 aliphatic rings. The van der Waals surface area contributed by atoms with Crippen LogP contribution in [0.4, 0.5) is 0 Å². The molecule has 2 aromatic carbocycles. The number of carbonyl (C=O) groups is 2. The van der Waals surface area contributed by atoms with Gasteiger partial charge in [-0.25, -0.2) is 0 Å². The van der Waals surface area contributed by atoms with Gasteiger partial charge in [-0.3, -0.25) is 9.59 Å². The van der Waals surface area contributed by atoms with Crippen LogP contribution < -0.4 is 11.1 Å². The second-order valence-electron chi connectivity index (χ2n) is 9.38. The van der Waals surface area contributed by atoms with Crippen molar-refractivity contribution in [3.05, 3.63) is 70.8 Å². The van der Waals surface area contributed by atoms with E-state index in [9.17, 15) is 14.7 Å². The Morgan fingerprint density at radius 1 is 0.848 bits per heavy atom. The molecule has 33 heavy (non-hydrogen) atoms. The molecule has 5 nitrogen and oxygen atoms in total. The number of benzene rings is 2. The number of nitrogens with one attached hydrogen (secondary N) is 1. The molecule has 0 atom stereocenters. The Labute approximate surface area is 196 Å². The summed E-state index contributed by atoms with van der Waals surface area (Å²) >= 11 is 0. The summed E-state index contributed by atoms with van der Waals surface area (Å²) in [5.74, 6) is -0.599. The van der Waals surface area contributed by atoms with Crippen molar-refractivity contribution in [1.82, 2.24) is 5.32 Å². The van der Waals surface area contributed by atoms with Crippen LogP contribution in [-0.4, -0.2) is 28.9 Å². The second kappa shape index (κ2) is 10.8. The molecule has 0 unspecified atom stereocenters. The van der Waals surface area contributed by atoms with E-state index in [0.717, 1.165) is 31.2 Å². The lowest BCUT2D eigenvalue weighted by atomic mass is 9.94. The molecule has 0 heterocycles. The van der Waals surface area contributed by atoms with Crippen LogP contribution in [0.5, 0.6) is 5.75 Å². The zero-order valence-electron chi connectivity index (χ0n) is 19.2. The summed E-state index contributed by atoms with van der Waals surface area (Å²) in [6, 6.07) is 14.9. The van der Waals surface area contributed by atoms with Gasteiger partial charge in [0, 0.05) is 23.2 Å². The summed E-state index contributed by atoms with van der Waals surface area (Å²) in [6.45, 7) is 0. The lowest BCUT2D eigenvalue weighted by Crippen LogP contribution is -2.38. The van der Waals surface area contributed by atoms with Gasteiger partial charge in [-0.15, -0.1) is 0 Å². The van der Waals surface area contributed by atoms with Gasteiger partial charge in [0.25, 0.3) is 5.91 Å². The smallest absolute Gasteiger partial charge is 0.256 e. The van der Waals surface area contributed by atoms with Gasteiger partial charge in [-0.05, 0) is 55.0 Å². The number of ketones is 1. The lowest BCUT2D eigenvalue weighted by Gasteiger charge is -2.23. The van der Waals surface area contributed by atoms with Crippen molar-refractivity contribution < 1.29 is 14.7 Å². The number of rotatable bonds is 3. The van der Waals surface area contributed by atoms with E-state index in [1.54, 1.807) is 12.1 Å². The SMILES string of the molecule is NC1CCCCC1.O=C(NC1CCCCC1)C1=C(c2ccccc2)c2ccc(O)cc2C1=O. The van der Waals surface area contributed by atoms with E-state index in [1.165, 1.54) is 44.6 Å². The summed E-state index contributed by atoms with van der Waals surface area (Å²) in [4.78, 5) is 26.0. The van der Waals surface area contributed by atoms with E-state index in [1.807, 2.05) is 30.3 Å². The fourth-order valence-electron chi connectivity index (χ4n) is 5.08. The molecule has 5 heteroatoms. The van der Waals surface area contributed by atoms with E-state index in [0.29, 0.717) is 22.7 Å². The van der Waals surface area contributed by atoms with Crippen molar-refractivity contribution in [1.29, 1.82) is 0 Å². The fraction of sp³-hybridized carbons (Fsp3) is 0.429. The minimum absolute atomic E-state index is 0.0263. The van der Waals surface area contributed by atoms with Gasteiger partial charge >= 0.3 is 0 Å². The van der Waals surface area contributed by atoms with Crippen LogP contribution in [0, 0.1) is 0 Å². The van der Waals surface area contributed by atoms with Crippen molar-refractivity contribution in [2.75, 3.05) is 0 Å². The zero-order valence-corrected chi connectivity index (χ0v) is 19.2. The molecule has 0 bridgehead atoms. The Hall–Kier alpha value is -2.92. The van der Waals surface area contributed by atoms with E-state index in [2.05, 4.69) is 5.32 Å². The Balaban J connectivity index is 0.000000318. The van der Waals surface area contributed by atoms with E-state index in [-0.39, 0.29) is 29.1 Å². The number of aromatic hydroxyl groups is 1. The van der Waals surface area contributed by atoms with Crippen molar-refractivity contribution in [3.8, 4) is 5.75 Å². The highest BCUT2D eigenvalue weighted by molar-refractivity contribution is 6.36. The summed E-state index contributed by atoms with van der Waals surface area (Å²) in [5, 5.41) is 12.8. The number of phenols is 1. The largest absolute Gasteiger partial charge is 0.508 e. The minimum Gasteiger partial charge on any atom is -0.508 e.